The fraction of sp³-hybridized carbons (Fsp3) is 0.722. The van der Waals surface area contributed by atoms with Crippen LogP contribution in [0.5, 0.6) is 0 Å². The van der Waals surface area contributed by atoms with Crippen molar-refractivity contribution in [2.24, 2.45) is 4.99 Å². The first kappa shape index (κ1) is 24.2. The Morgan fingerprint density at radius 1 is 1.30 bits per heavy atom. The van der Waals surface area contributed by atoms with Crippen LogP contribution in [0.3, 0.4) is 0 Å². The standard InChI is InChI=1S/C18H32N4O3S.HI/c1-5-11-26(23,24)22-9-7-17(8-10-22)21-18(19-6-2)20-13-16-12-14(3)25-15(16)4;/h12,17H,5-11,13H2,1-4H3,(H2,19,20,21);1H. The van der Waals surface area contributed by atoms with Crippen LogP contribution in [0.4, 0.5) is 0 Å². The van der Waals surface area contributed by atoms with Crippen molar-refractivity contribution in [3.63, 3.8) is 0 Å². The maximum atomic E-state index is 12.2. The van der Waals surface area contributed by atoms with Crippen LogP contribution in [-0.2, 0) is 16.6 Å². The quantitative estimate of drug-likeness (QED) is 0.334. The number of hydrogen-bond donors (Lipinski definition) is 2. The maximum absolute atomic E-state index is 12.2. The maximum Gasteiger partial charge on any atom is 0.214 e. The van der Waals surface area contributed by atoms with Gasteiger partial charge in [0.05, 0.1) is 12.3 Å². The summed E-state index contributed by atoms with van der Waals surface area (Å²) in [5.41, 5.74) is 1.08. The Morgan fingerprint density at radius 3 is 2.48 bits per heavy atom. The van der Waals surface area contributed by atoms with Crippen LogP contribution in [0.25, 0.3) is 0 Å². The summed E-state index contributed by atoms with van der Waals surface area (Å²) >= 11 is 0. The highest BCUT2D eigenvalue weighted by molar-refractivity contribution is 14.0. The van der Waals surface area contributed by atoms with Crippen molar-refractivity contribution < 1.29 is 12.8 Å². The fourth-order valence-corrected chi connectivity index (χ4v) is 4.72. The van der Waals surface area contributed by atoms with E-state index in [2.05, 4.69) is 15.6 Å². The molecule has 0 unspecified atom stereocenters. The van der Waals surface area contributed by atoms with E-state index in [1.54, 1.807) is 4.31 Å². The molecule has 1 aliphatic rings. The molecule has 0 atom stereocenters. The van der Waals surface area contributed by atoms with Gasteiger partial charge in [0.1, 0.15) is 11.5 Å². The Morgan fingerprint density at radius 2 is 1.96 bits per heavy atom. The van der Waals surface area contributed by atoms with E-state index in [0.29, 0.717) is 26.1 Å². The number of sulfonamides is 1. The van der Waals surface area contributed by atoms with Gasteiger partial charge in [-0.05, 0) is 46.1 Å². The first-order valence-corrected chi connectivity index (χ1v) is 11.0. The van der Waals surface area contributed by atoms with Gasteiger partial charge in [-0.25, -0.2) is 17.7 Å². The van der Waals surface area contributed by atoms with Gasteiger partial charge < -0.3 is 15.1 Å². The molecule has 1 fully saturated rings. The lowest BCUT2D eigenvalue weighted by Gasteiger charge is -2.32. The van der Waals surface area contributed by atoms with Crippen LogP contribution < -0.4 is 10.6 Å². The van der Waals surface area contributed by atoms with Crippen LogP contribution in [0.2, 0.25) is 0 Å². The second-order valence-corrected chi connectivity index (χ2v) is 8.86. The van der Waals surface area contributed by atoms with E-state index in [-0.39, 0.29) is 35.8 Å². The highest BCUT2D eigenvalue weighted by atomic mass is 127. The molecule has 0 saturated carbocycles. The minimum atomic E-state index is -3.09. The van der Waals surface area contributed by atoms with Gasteiger partial charge in [-0.1, -0.05) is 6.92 Å². The van der Waals surface area contributed by atoms with Crippen molar-refractivity contribution in [3.8, 4) is 0 Å². The molecule has 27 heavy (non-hydrogen) atoms. The van der Waals surface area contributed by atoms with Gasteiger partial charge in [0, 0.05) is 31.2 Å². The van der Waals surface area contributed by atoms with Crippen LogP contribution in [0.15, 0.2) is 15.5 Å². The molecule has 1 aromatic heterocycles. The number of furan rings is 1. The van der Waals surface area contributed by atoms with E-state index >= 15 is 0 Å². The van der Waals surface area contributed by atoms with Gasteiger partial charge >= 0.3 is 0 Å². The summed E-state index contributed by atoms with van der Waals surface area (Å²) in [7, 11) is -3.09. The third kappa shape index (κ3) is 7.26. The fourth-order valence-electron chi connectivity index (χ4n) is 3.18. The predicted octanol–water partition coefficient (Wildman–Crippen LogP) is 2.77. The molecule has 0 aliphatic carbocycles. The van der Waals surface area contributed by atoms with Gasteiger partial charge in [-0.15, -0.1) is 24.0 Å². The van der Waals surface area contributed by atoms with E-state index in [1.165, 1.54) is 0 Å². The third-order valence-electron chi connectivity index (χ3n) is 4.55. The second-order valence-electron chi connectivity index (χ2n) is 6.77. The number of guanidine groups is 1. The molecule has 0 bridgehead atoms. The number of nitrogens with zero attached hydrogens (tertiary/aromatic N) is 2. The Labute approximate surface area is 180 Å². The zero-order chi connectivity index (χ0) is 19.2. The van der Waals surface area contributed by atoms with Crippen molar-refractivity contribution in [3.05, 3.63) is 23.2 Å². The van der Waals surface area contributed by atoms with Crippen molar-refractivity contribution in [2.75, 3.05) is 25.4 Å². The lowest BCUT2D eigenvalue weighted by Crippen LogP contribution is -2.50. The number of halogens is 1. The Bertz CT molecular complexity index is 710. The van der Waals surface area contributed by atoms with Crippen molar-refractivity contribution >= 4 is 40.0 Å². The molecule has 2 heterocycles. The van der Waals surface area contributed by atoms with Crippen LogP contribution in [-0.4, -0.2) is 50.1 Å². The van der Waals surface area contributed by atoms with Gasteiger partial charge in [0.15, 0.2) is 5.96 Å². The lowest BCUT2D eigenvalue weighted by molar-refractivity contribution is 0.306. The monoisotopic (exact) mass is 512 g/mol. The third-order valence-corrected chi connectivity index (χ3v) is 6.62. The first-order valence-electron chi connectivity index (χ1n) is 9.44. The van der Waals surface area contributed by atoms with Crippen molar-refractivity contribution in [2.45, 2.75) is 59.5 Å². The number of nitrogens with one attached hydrogen (secondary N) is 2. The molecule has 9 heteroatoms. The number of rotatable bonds is 7. The summed E-state index contributed by atoms with van der Waals surface area (Å²) in [5.74, 6) is 2.79. The highest BCUT2D eigenvalue weighted by Gasteiger charge is 2.27. The Hall–Kier alpha value is -0.810. The average Bonchev–Trinajstić information content (AvgIpc) is 2.91. The molecule has 2 rings (SSSR count). The molecule has 1 saturated heterocycles. The topological polar surface area (TPSA) is 86.9 Å². The molecule has 2 N–H and O–H groups in total. The van der Waals surface area contributed by atoms with E-state index < -0.39 is 10.0 Å². The summed E-state index contributed by atoms with van der Waals surface area (Å²) in [6, 6.07) is 2.24. The molecule has 1 aromatic rings. The second kappa shape index (κ2) is 11.3. The molecule has 1 aliphatic heterocycles. The zero-order valence-corrected chi connectivity index (χ0v) is 19.9. The number of aryl methyl sites for hydroxylation is 2. The van der Waals surface area contributed by atoms with Crippen LogP contribution in [0.1, 0.15) is 50.2 Å². The largest absolute Gasteiger partial charge is 0.466 e. The zero-order valence-electron chi connectivity index (χ0n) is 16.7. The molecule has 156 valence electrons. The van der Waals surface area contributed by atoms with E-state index in [1.807, 2.05) is 33.8 Å². The summed E-state index contributed by atoms with van der Waals surface area (Å²) in [6.45, 7) is 10.3. The number of aliphatic imine (C=N–C) groups is 1. The van der Waals surface area contributed by atoms with Gasteiger partial charge in [-0.2, -0.15) is 0 Å². The van der Waals surface area contributed by atoms with Crippen molar-refractivity contribution in [1.82, 2.24) is 14.9 Å². The molecule has 0 aromatic carbocycles. The van der Waals surface area contributed by atoms with Crippen LogP contribution in [0, 0.1) is 13.8 Å². The van der Waals surface area contributed by atoms with E-state index in [9.17, 15) is 8.42 Å². The van der Waals surface area contributed by atoms with Gasteiger partial charge in [0.25, 0.3) is 0 Å². The average molecular weight is 512 g/mol. The van der Waals surface area contributed by atoms with Crippen molar-refractivity contribution in [1.29, 1.82) is 0 Å². The Kier molecular flexibility index (Phi) is 10.1. The molecule has 0 spiro atoms. The molecular weight excluding hydrogens is 479 g/mol. The minimum absolute atomic E-state index is 0. The van der Waals surface area contributed by atoms with Crippen LogP contribution >= 0.6 is 24.0 Å². The summed E-state index contributed by atoms with van der Waals surface area (Å²) < 4.78 is 31.5. The summed E-state index contributed by atoms with van der Waals surface area (Å²) in [4.78, 5) is 4.65. The summed E-state index contributed by atoms with van der Waals surface area (Å²) in [5, 5.41) is 6.71. The number of piperidine rings is 1. The molecule has 7 nitrogen and oxygen atoms in total. The molecule has 0 radical (unpaired) electrons. The molecule has 0 amide bonds. The Balaban J connectivity index is 0.00000364. The van der Waals surface area contributed by atoms with E-state index in [4.69, 9.17) is 4.42 Å². The van der Waals surface area contributed by atoms with Gasteiger partial charge in [0.2, 0.25) is 10.0 Å². The van der Waals surface area contributed by atoms with E-state index in [0.717, 1.165) is 42.4 Å². The lowest BCUT2D eigenvalue weighted by atomic mass is 10.1. The molecular formula is C18H33IN4O3S. The summed E-state index contributed by atoms with van der Waals surface area (Å²) in [6.07, 6.45) is 2.24. The minimum Gasteiger partial charge on any atom is -0.466 e. The predicted molar refractivity (Wildman–Crippen MR) is 120 cm³/mol. The highest BCUT2D eigenvalue weighted by Crippen LogP contribution is 2.16. The SMILES string of the molecule is CCCS(=O)(=O)N1CCC(NC(=NCc2cc(C)oc2C)NCC)CC1.I. The number of hydrogen-bond acceptors (Lipinski definition) is 4. The normalized spacial score (nSPS) is 16.8. The first-order chi connectivity index (χ1) is 12.4. The van der Waals surface area contributed by atoms with Gasteiger partial charge in [-0.3, -0.25) is 0 Å². The smallest absolute Gasteiger partial charge is 0.214 e.